The summed E-state index contributed by atoms with van der Waals surface area (Å²) in [5, 5.41) is 0.610. The van der Waals surface area contributed by atoms with Gasteiger partial charge in [-0.05, 0) is 81.0 Å². The molecule has 0 bridgehead atoms. The summed E-state index contributed by atoms with van der Waals surface area (Å²) < 4.78 is 62.5. The van der Waals surface area contributed by atoms with Gasteiger partial charge in [0.25, 0.3) is 0 Å². The maximum absolute atomic E-state index is 13.1. The van der Waals surface area contributed by atoms with E-state index in [2.05, 4.69) is 4.98 Å². The fourth-order valence-electron chi connectivity index (χ4n) is 3.73. The van der Waals surface area contributed by atoms with Crippen molar-refractivity contribution in [2.75, 3.05) is 13.5 Å². The highest BCUT2D eigenvalue weighted by Crippen LogP contribution is 2.47. The van der Waals surface area contributed by atoms with Crippen molar-refractivity contribution in [3.8, 4) is 0 Å². The van der Waals surface area contributed by atoms with Gasteiger partial charge in [-0.2, -0.15) is 13.2 Å². The maximum Gasteiger partial charge on any atom is 0.446 e. The summed E-state index contributed by atoms with van der Waals surface area (Å²) >= 11 is -0.0906. The van der Waals surface area contributed by atoms with E-state index < -0.39 is 12.5 Å². The normalized spacial score (nSPS) is 25.0. The van der Waals surface area contributed by atoms with Crippen LogP contribution >= 0.6 is 11.8 Å². The predicted molar refractivity (Wildman–Crippen MR) is 91.5 cm³/mol. The second kappa shape index (κ2) is 5.99. The van der Waals surface area contributed by atoms with Crippen LogP contribution in [0.5, 0.6) is 0 Å². The molecule has 2 aliphatic rings. The average Bonchev–Trinajstić information content (AvgIpc) is 3.15. The molecule has 24 heavy (non-hydrogen) atoms. The molecule has 6 heteroatoms. The lowest BCUT2D eigenvalue weighted by Gasteiger charge is -2.20. The first-order valence-corrected chi connectivity index (χ1v) is 9.11. The van der Waals surface area contributed by atoms with E-state index in [4.69, 9.17) is 4.11 Å². The molecule has 130 valence electrons. The van der Waals surface area contributed by atoms with Gasteiger partial charge in [0.2, 0.25) is 0 Å². The predicted octanol–water partition coefficient (Wildman–Crippen LogP) is 5.29. The largest absolute Gasteiger partial charge is 0.446 e. The van der Waals surface area contributed by atoms with Gasteiger partial charge in [0.05, 0.1) is 0 Å². The van der Waals surface area contributed by atoms with Crippen LogP contribution in [0.2, 0.25) is 0 Å². The van der Waals surface area contributed by atoms with E-state index >= 15 is 0 Å². The number of rotatable bonds is 4. The van der Waals surface area contributed by atoms with E-state index in [0.717, 1.165) is 36.9 Å². The zero-order valence-corrected chi connectivity index (χ0v) is 13.9. The van der Waals surface area contributed by atoms with Gasteiger partial charge in [0.15, 0.2) is 0 Å². The number of hydrogen-bond acceptors (Lipinski definition) is 2. The van der Waals surface area contributed by atoms with Crippen molar-refractivity contribution in [1.82, 2.24) is 9.88 Å². The number of likely N-dealkylation sites (N-methyl/N-ethyl adjacent to an activating group) is 1. The quantitative estimate of drug-likeness (QED) is 0.750. The molecule has 0 unspecified atom stereocenters. The number of halogens is 3. The highest BCUT2D eigenvalue weighted by Gasteiger charge is 2.34. The molecule has 1 N–H and O–H groups in total. The molecule has 1 atom stereocenters. The van der Waals surface area contributed by atoms with Crippen LogP contribution in [0, 0.1) is 0 Å². The topological polar surface area (TPSA) is 19.0 Å². The molecule has 4 rings (SSSR count). The number of H-pyrrole nitrogens is 1. The van der Waals surface area contributed by atoms with Gasteiger partial charge >= 0.3 is 5.51 Å². The van der Waals surface area contributed by atoms with Crippen molar-refractivity contribution in [3.63, 3.8) is 0 Å². The first-order valence-electron chi connectivity index (χ1n) is 9.79. The van der Waals surface area contributed by atoms with Crippen molar-refractivity contribution in [1.29, 1.82) is 0 Å². The number of hydrogen-bond donors (Lipinski definition) is 1. The summed E-state index contributed by atoms with van der Waals surface area (Å²) in [5.74, 6) is 0.346. The summed E-state index contributed by atoms with van der Waals surface area (Å²) in [6.07, 6.45) is 4.07. The number of aromatic amines is 1. The Morgan fingerprint density at radius 2 is 2.17 bits per heavy atom. The van der Waals surface area contributed by atoms with Crippen LogP contribution in [0.1, 0.15) is 47.0 Å². The Labute approximate surface area is 148 Å². The number of benzene rings is 1. The molecule has 1 saturated carbocycles. The molecular formula is C18H21F3N2S. The Kier molecular flexibility index (Phi) is 3.27. The summed E-state index contributed by atoms with van der Waals surface area (Å²) in [6, 6.07) is 4.78. The van der Waals surface area contributed by atoms with Crippen molar-refractivity contribution < 1.29 is 17.3 Å². The number of likely N-dealkylation sites (tertiary alicyclic amines) is 1. The molecule has 1 aliphatic carbocycles. The summed E-state index contributed by atoms with van der Waals surface area (Å²) in [4.78, 5) is 5.06. The van der Waals surface area contributed by atoms with Crippen LogP contribution in [0.15, 0.2) is 23.1 Å². The third-order valence-electron chi connectivity index (χ3n) is 4.95. The number of nitrogens with zero attached hydrogens (tertiary/aromatic N) is 1. The minimum absolute atomic E-state index is 0.0906. The minimum atomic E-state index is -4.36. The molecule has 1 aliphatic heterocycles. The van der Waals surface area contributed by atoms with Gasteiger partial charge in [-0.25, -0.2) is 0 Å². The zero-order valence-electron chi connectivity index (χ0n) is 16.1. The molecule has 1 aromatic heterocycles. The van der Waals surface area contributed by atoms with E-state index in [9.17, 15) is 13.2 Å². The van der Waals surface area contributed by atoms with Gasteiger partial charge < -0.3 is 9.88 Å². The third-order valence-corrected chi connectivity index (χ3v) is 5.74. The lowest BCUT2D eigenvalue weighted by molar-refractivity contribution is -0.0327. The monoisotopic (exact) mass is 357 g/mol. The molecule has 2 aromatic rings. The second-order valence-electron chi connectivity index (χ2n) is 6.71. The third kappa shape index (κ3) is 3.18. The fourth-order valence-corrected chi connectivity index (χ4v) is 4.46. The number of fused-ring (bicyclic) bond motifs is 1. The lowest BCUT2D eigenvalue weighted by Crippen LogP contribution is -2.27. The van der Waals surface area contributed by atoms with Crippen LogP contribution in [-0.2, 0) is 6.42 Å². The van der Waals surface area contributed by atoms with Crippen LogP contribution in [0.3, 0.4) is 0 Å². The van der Waals surface area contributed by atoms with E-state index in [-0.39, 0.29) is 22.7 Å². The van der Waals surface area contributed by atoms with Crippen molar-refractivity contribution >= 4 is 22.7 Å². The smallest absolute Gasteiger partial charge is 0.358 e. The first kappa shape index (κ1) is 13.1. The van der Waals surface area contributed by atoms with E-state index in [1.807, 2.05) is 0 Å². The second-order valence-corrected chi connectivity index (χ2v) is 7.82. The molecule has 0 spiro atoms. The standard InChI is InChI=1S/C18H21F3N2S/c1-23-9-3-4-12(23)10-13-16-14(22-17(13)11-7-8-11)5-2-6-15(16)24-18(19,20)21/h2,5-6,11-12,22H,3-4,7-10H2,1H3/t12-/m1/s1/i1D3. The van der Waals surface area contributed by atoms with E-state index in [0.29, 0.717) is 29.8 Å². The Morgan fingerprint density at radius 3 is 2.88 bits per heavy atom. The van der Waals surface area contributed by atoms with Gasteiger partial charge in [-0.15, -0.1) is 0 Å². The van der Waals surface area contributed by atoms with Crippen molar-refractivity contribution in [2.45, 2.75) is 54.5 Å². The Balaban J connectivity index is 1.77. The first-order chi connectivity index (χ1) is 12.6. The molecule has 2 heterocycles. The summed E-state index contributed by atoms with van der Waals surface area (Å²) in [7, 11) is 0. The lowest BCUT2D eigenvalue weighted by atomic mass is 9.99. The van der Waals surface area contributed by atoms with Gasteiger partial charge in [0, 0.05) is 31.6 Å². The zero-order chi connectivity index (χ0) is 19.4. The molecule has 1 aromatic carbocycles. The minimum Gasteiger partial charge on any atom is -0.358 e. The molecule has 0 amide bonds. The average molecular weight is 357 g/mol. The molecule has 1 saturated heterocycles. The fraction of sp³-hybridized carbons (Fsp3) is 0.556. The molecule has 2 fully saturated rings. The van der Waals surface area contributed by atoms with Gasteiger partial charge in [0.1, 0.15) is 0 Å². The Bertz CT molecular complexity index is 843. The number of thioether (sulfide) groups is 1. The van der Waals surface area contributed by atoms with Crippen molar-refractivity contribution in [3.05, 3.63) is 29.5 Å². The van der Waals surface area contributed by atoms with Gasteiger partial charge in [-0.3, -0.25) is 0 Å². The summed E-state index contributed by atoms with van der Waals surface area (Å²) in [5.41, 5.74) is -1.78. The van der Waals surface area contributed by atoms with Crippen LogP contribution in [0.4, 0.5) is 13.2 Å². The van der Waals surface area contributed by atoms with Crippen LogP contribution < -0.4 is 0 Å². The maximum atomic E-state index is 13.1. The van der Waals surface area contributed by atoms with Crippen molar-refractivity contribution in [2.24, 2.45) is 0 Å². The number of aromatic nitrogens is 1. The molecular weight excluding hydrogens is 333 g/mol. The number of nitrogens with one attached hydrogen (secondary N) is 1. The highest BCUT2D eigenvalue weighted by atomic mass is 32.2. The Morgan fingerprint density at radius 1 is 1.33 bits per heavy atom. The SMILES string of the molecule is [2H]C([2H])([2H])N1CCC[C@@H]1Cc1c(C2CC2)[nH]c2cccc(SC(F)(F)F)c12. The number of alkyl halides is 3. The Hall–Kier alpha value is -1.14. The van der Waals surface area contributed by atoms with Gasteiger partial charge in [-0.1, -0.05) is 6.07 Å². The van der Waals surface area contributed by atoms with Crippen LogP contribution in [-0.4, -0.2) is 35.0 Å². The van der Waals surface area contributed by atoms with E-state index in [1.54, 1.807) is 12.1 Å². The van der Waals surface area contributed by atoms with Crippen LogP contribution in [0.25, 0.3) is 10.9 Å². The molecule has 0 radical (unpaired) electrons. The highest BCUT2D eigenvalue weighted by molar-refractivity contribution is 8.00. The van der Waals surface area contributed by atoms with E-state index in [1.165, 1.54) is 11.0 Å². The molecule has 2 nitrogen and oxygen atoms in total. The summed E-state index contributed by atoms with van der Waals surface area (Å²) in [6.45, 7) is -1.66.